The Bertz CT molecular complexity index is 668. The Balaban J connectivity index is 2.67. The molecule has 0 radical (unpaired) electrons. The predicted molar refractivity (Wildman–Crippen MR) is 72.3 cm³/mol. The summed E-state index contributed by atoms with van der Waals surface area (Å²) in [6, 6.07) is 3.94. The number of carbonyl (C=O) groups is 3. The molecule has 3 amide bonds. The van der Waals surface area contributed by atoms with E-state index < -0.39 is 24.1 Å². The van der Waals surface area contributed by atoms with Crippen molar-refractivity contribution in [2.75, 3.05) is 5.73 Å². The SMILES string of the molecule is CC1=C(C(=O)O)C(c2cccc(N)c2)N(C(=O)O)C(=O)N1. The van der Waals surface area contributed by atoms with Crippen LogP contribution in [0.15, 0.2) is 35.5 Å². The van der Waals surface area contributed by atoms with E-state index in [1.165, 1.54) is 19.1 Å². The summed E-state index contributed by atoms with van der Waals surface area (Å²) in [5.74, 6) is -1.31. The molecule has 110 valence electrons. The molecule has 0 aromatic heterocycles. The van der Waals surface area contributed by atoms with Crippen molar-refractivity contribution in [3.8, 4) is 0 Å². The maximum absolute atomic E-state index is 11.9. The molecule has 5 N–H and O–H groups in total. The van der Waals surface area contributed by atoms with Gasteiger partial charge in [-0.3, -0.25) is 0 Å². The molecule has 1 aliphatic rings. The number of carbonyl (C=O) groups excluding carboxylic acids is 1. The summed E-state index contributed by atoms with van der Waals surface area (Å²) >= 11 is 0. The van der Waals surface area contributed by atoms with E-state index in [0.717, 1.165) is 0 Å². The number of carboxylic acids is 1. The van der Waals surface area contributed by atoms with Crippen molar-refractivity contribution in [2.45, 2.75) is 13.0 Å². The van der Waals surface area contributed by atoms with Gasteiger partial charge in [0.15, 0.2) is 0 Å². The van der Waals surface area contributed by atoms with E-state index >= 15 is 0 Å². The van der Waals surface area contributed by atoms with Gasteiger partial charge >= 0.3 is 18.1 Å². The number of allylic oxidation sites excluding steroid dienone is 1. The van der Waals surface area contributed by atoms with Crippen LogP contribution in [0.25, 0.3) is 0 Å². The average Bonchev–Trinajstić information content (AvgIpc) is 2.36. The third kappa shape index (κ3) is 2.50. The zero-order valence-electron chi connectivity index (χ0n) is 11.0. The number of benzene rings is 1. The molecule has 0 fully saturated rings. The molecule has 1 aliphatic heterocycles. The number of hydrogen-bond acceptors (Lipinski definition) is 4. The second kappa shape index (κ2) is 5.16. The largest absolute Gasteiger partial charge is 0.478 e. The Morgan fingerprint density at radius 3 is 2.52 bits per heavy atom. The molecule has 0 bridgehead atoms. The normalized spacial score (nSPS) is 18.4. The van der Waals surface area contributed by atoms with Gasteiger partial charge < -0.3 is 21.3 Å². The number of nitrogens with zero attached hydrogens (tertiary/aromatic N) is 1. The molecular weight excluding hydrogens is 278 g/mol. The van der Waals surface area contributed by atoms with Crippen molar-refractivity contribution < 1.29 is 24.6 Å². The van der Waals surface area contributed by atoms with E-state index in [9.17, 15) is 24.6 Å². The summed E-state index contributed by atoms with van der Waals surface area (Å²) < 4.78 is 0. The van der Waals surface area contributed by atoms with Crippen LogP contribution in [0.2, 0.25) is 0 Å². The number of rotatable bonds is 2. The van der Waals surface area contributed by atoms with Gasteiger partial charge in [0.2, 0.25) is 0 Å². The fourth-order valence-electron chi connectivity index (χ4n) is 2.26. The lowest BCUT2D eigenvalue weighted by molar-refractivity contribution is -0.133. The van der Waals surface area contributed by atoms with Crippen LogP contribution >= 0.6 is 0 Å². The van der Waals surface area contributed by atoms with E-state index in [4.69, 9.17) is 5.73 Å². The van der Waals surface area contributed by atoms with Gasteiger partial charge in [-0.25, -0.2) is 19.3 Å². The number of imide groups is 1. The van der Waals surface area contributed by atoms with Gasteiger partial charge in [0.05, 0.1) is 5.57 Å². The van der Waals surface area contributed by atoms with Crippen LogP contribution in [0.4, 0.5) is 15.3 Å². The minimum Gasteiger partial charge on any atom is -0.478 e. The molecule has 0 saturated carbocycles. The van der Waals surface area contributed by atoms with Crippen molar-refractivity contribution in [3.63, 3.8) is 0 Å². The third-order valence-corrected chi connectivity index (χ3v) is 3.11. The van der Waals surface area contributed by atoms with E-state index in [1.807, 2.05) is 0 Å². The van der Waals surface area contributed by atoms with E-state index in [-0.39, 0.29) is 11.3 Å². The van der Waals surface area contributed by atoms with Gasteiger partial charge in [0.1, 0.15) is 6.04 Å². The minimum atomic E-state index is -1.55. The molecule has 1 atom stereocenters. The van der Waals surface area contributed by atoms with Gasteiger partial charge in [-0.1, -0.05) is 12.1 Å². The number of nitrogen functional groups attached to an aromatic ring is 1. The van der Waals surface area contributed by atoms with E-state index in [2.05, 4.69) is 5.32 Å². The first-order valence-corrected chi connectivity index (χ1v) is 5.95. The van der Waals surface area contributed by atoms with Gasteiger partial charge in [-0.2, -0.15) is 0 Å². The Morgan fingerprint density at radius 2 is 2.00 bits per heavy atom. The van der Waals surface area contributed by atoms with Crippen LogP contribution in [-0.2, 0) is 4.79 Å². The molecule has 21 heavy (non-hydrogen) atoms. The highest BCUT2D eigenvalue weighted by atomic mass is 16.4. The first kappa shape index (κ1) is 14.4. The van der Waals surface area contributed by atoms with E-state index in [0.29, 0.717) is 16.2 Å². The lowest BCUT2D eigenvalue weighted by Crippen LogP contribution is -2.50. The number of amides is 3. The van der Waals surface area contributed by atoms with Gasteiger partial charge in [0, 0.05) is 11.4 Å². The van der Waals surface area contributed by atoms with Crippen LogP contribution in [0.3, 0.4) is 0 Å². The van der Waals surface area contributed by atoms with Crippen LogP contribution in [-0.4, -0.2) is 33.2 Å². The zero-order valence-corrected chi connectivity index (χ0v) is 11.0. The lowest BCUT2D eigenvalue weighted by atomic mass is 9.94. The molecule has 0 aliphatic carbocycles. The molecule has 8 nitrogen and oxygen atoms in total. The number of hydrogen-bond donors (Lipinski definition) is 4. The van der Waals surface area contributed by atoms with Crippen LogP contribution in [0, 0.1) is 0 Å². The van der Waals surface area contributed by atoms with Crippen LogP contribution in [0.5, 0.6) is 0 Å². The molecule has 1 heterocycles. The lowest BCUT2D eigenvalue weighted by Gasteiger charge is -2.33. The molecule has 1 aromatic carbocycles. The number of anilines is 1. The van der Waals surface area contributed by atoms with Gasteiger partial charge in [0.25, 0.3) is 0 Å². The second-order valence-electron chi connectivity index (χ2n) is 4.50. The molecule has 1 aromatic rings. The summed E-state index contributed by atoms with van der Waals surface area (Å²) in [7, 11) is 0. The standard InChI is InChI=1S/C13H13N3O5/c1-6-9(11(17)18)10(7-3-2-4-8(14)5-7)16(13(20)21)12(19)15-6/h2-5,10H,14H2,1H3,(H,15,19)(H,17,18)(H,20,21). The zero-order chi connectivity index (χ0) is 15.7. The maximum Gasteiger partial charge on any atom is 0.416 e. The van der Waals surface area contributed by atoms with Gasteiger partial charge in [-0.05, 0) is 24.6 Å². The number of nitrogens with one attached hydrogen (secondary N) is 1. The summed E-state index contributed by atoms with van der Waals surface area (Å²) in [4.78, 5) is 35.1. The Labute approximate surface area is 119 Å². The first-order chi connectivity index (χ1) is 9.82. The second-order valence-corrected chi connectivity index (χ2v) is 4.50. The summed E-state index contributed by atoms with van der Waals surface area (Å²) in [6.45, 7) is 1.40. The third-order valence-electron chi connectivity index (χ3n) is 3.11. The summed E-state index contributed by atoms with van der Waals surface area (Å²) in [5.41, 5.74) is 6.17. The highest BCUT2D eigenvalue weighted by molar-refractivity contribution is 5.99. The number of carboxylic acid groups (broad SMARTS) is 2. The number of urea groups is 1. The fraction of sp³-hybridized carbons (Fsp3) is 0.154. The quantitative estimate of drug-likeness (QED) is 0.608. The fourth-order valence-corrected chi connectivity index (χ4v) is 2.26. The highest BCUT2D eigenvalue weighted by Gasteiger charge is 2.41. The van der Waals surface area contributed by atoms with Crippen LogP contribution in [0.1, 0.15) is 18.5 Å². The molecule has 0 spiro atoms. The minimum absolute atomic E-state index is 0.0948. The Hall–Kier alpha value is -3.03. The topological polar surface area (TPSA) is 133 Å². The molecule has 8 heteroatoms. The van der Waals surface area contributed by atoms with E-state index in [1.54, 1.807) is 12.1 Å². The molecule has 2 rings (SSSR count). The molecule has 1 unspecified atom stereocenters. The number of nitrogens with two attached hydrogens (primary N) is 1. The van der Waals surface area contributed by atoms with Crippen molar-refractivity contribution in [1.29, 1.82) is 0 Å². The average molecular weight is 291 g/mol. The molecule has 0 saturated heterocycles. The first-order valence-electron chi connectivity index (χ1n) is 5.95. The Kier molecular flexibility index (Phi) is 3.53. The number of aliphatic carboxylic acids is 1. The van der Waals surface area contributed by atoms with Crippen molar-refractivity contribution >= 4 is 23.8 Å². The molecular formula is C13H13N3O5. The summed E-state index contributed by atoms with van der Waals surface area (Å²) in [5, 5.41) is 20.8. The van der Waals surface area contributed by atoms with Crippen molar-refractivity contribution in [2.24, 2.45) is 0 Å². The predicted octanol–water partition coefficient (Wildman–Crippen LogP) is 1.37. The van der Waals surface area contributed by atoms with Crippen molar-refractivity contribution in [3.05, 3.63) is 41.1 Å². The Morgan fingerprint density at radius 1 is 1.33 bits per heavy atom. The van der Waals surface area contributed by atoms with Crippen molar-refractivity contribution in [1.82, 2.24) is 10.2 Å². The highest BCUT2D eigenvalue weighted by Crippen LogP contribution is 2.34. The maximum atomic E-state index is 11.9. The smallest absolute Gasteiger partial charge is 0.416 e. The summed E-state index contributed by atoms with van der Waals surface area (Å²) in [6.07, 6.45) is -1.55. The monoisotopic (exact) mass is 291 g/mol. The van der Waals surface area contributed by atoms with Gasteiger partial charge in [-0.15, -0.1) is 0 Å². The van der Waals surface area contributed by atoms with Crippen LogP contribution < -0.4 is 11.1 Å².